The molecule has 1 aromatic rings. The monoisotopic (exact) mass is 352 g/mol. The number of hydrogen-bond acceptors (Lipinski definition) is 5. The van der Waals surface area contributed by atoms with Crippen LogP contribution in [0.5, 0.6) is 0 Å². The molecule has 24 heavy (non-hydrogen) atoms. The van der Waals surface area contributed by atoms with Gasteiger partial charge in [0.1, 0.15) is 5.69 Å². The van der Waals surface area contributed by atoms with Crippen LogP contribution in [-0.2, 0) is 14.6 Å². The number of piperazine rings is 1. The van der Waals surface area contributed by atoms with Crippen molar-refractivity contribution in [1.29, 1.82) is 0 Å². The predicted molar refractivity (Wildman–Crippen MR) is 85.0 cm³/mol. The molecule has 0 unspecified atom stereocenters. The maximum atomic E-state index is 12.8. The largest absolute Gasteiger partial charge is 0.348 e. The summed E-state index contributed by atoms with van der Waals surface area (Å²) >= 11 is 0. The van der Waals surface area contributed by atoms with Crippen LogP contribution in [0, 0.1) is 12.8 Å². The number of nitrogens with zero attached hydrogens (tertiary/aromatic N) is 3. The first kappa shape index (κ1) is 15.6. The van der Waals surface area contributed by atoms with Gasteiger partial charge in [-0.15, -0.1) is 0 Å². The minimum absolute atomic E-state index is 0.0461. The van der Waals surface area contributed by atoms with Gasteiger partial charge in [-0.05, 0) is 19.8 Å². The summed E-state index contributed by atoms with van der Waals surface area (Å²) < 4.78 is 24.3. The molecule has 8 nitrogen and oxygen atoms in total. The van der Waals surface area contributed by atoms with Gasteiger partial charge in [0, 0.05) is 24.7 Å². The van der Waals surface area contributed by atoms with Crippen molar-refractivity contribution in [3.8, 4) is 0 Å². The first-order chi connectivity index (χ1) is 11.4. The second-order valence-corrected chi connectivity index (χ2v) is 9.05. The number of carbonyl (C=O) groups excluding carboxylic acids is 2. The molecule has 0 radical (unpaired) electrons. The molecule has 2 saturated heterocycles. The van der Waals surface area contributed by atoms with Crippen LogP contribution >= 0.6 is 0 Å². The Morgan fingerprint density at radius 3 is 2.38 bits per heavy atom. The van der Waals surface area contributed by atoms with Gasteiger partial charge in [0.25, 0.3) is 5.91 Å². The zero-order chi connectivity index (χ0) is 17.1. The standard InChI is InChI=1S/C15H20N4O4S/c1-9-13(17-8-16-9)15(21)19-5-4-18(14(20)10-2-3-10)11-6-24(22,23)7-12(11)19/h8,10-12H,2-7H2,1H3,(H,16,17)/t11-,12+/m1/s1. The molecule has 1 saturated carbocycles. The summed E-state index contributed by atoms with van der Waals surface area (Å²) in [6, 6.07) is -0.907. The van der Waals surface area contributed by atoms with E-state index in [4.69, 9.17) is 0 Å². The molecular formula is C15H20N4O4S. The van der Waals surface area contributed by atoms with E-state index < -0.39 is 21.9 Å². The molecule has 1 aromatic heterocycles. The van der Waals surface area contributed by atoms with Gasteiger partial charge in [0.2, 0.25) is 5.91 Å². The van der Waals surface area contributed by atoms with Crippen LogP contribution < -0.4 is 0 Å². The highest BCUT2D eigenvalue weighted by Gasteiger charge is 2.51. The molecule has 3 aliphatic rings. The minimum Gasteiger partial charge on any atom is -0.348 e. The van der Waals surface area contributed by atoms with Gasteiger partial charge in [-0.25, -0.2) is 13.4 Å². The number of rotatable bonds is 2. The number of nitrogens with one attached hydrogen (secondary N) is 1. The maximum Gasteiger partial charge on any atom is 0.274 e. The third kappa shape index (κ3) is 2.51. The quantitative estimate of drug-likeness (QED) is 0.778. The van der Waals surface area contributed by atoms with Gasteiger partial charge in [0.15, 0.2) is 9.84 Å². The number of sulfone groups is 1. The molecule has 1 N–H and O–H groups in total. The molecule has 1 aliphatic carbocycles. The number of aryl methyl sites for hydroxylation is 1. The number of hydrogen-bond donors (Lipinski definition) is 1. The summed E-state index contributed by atoms with van der Waals surface area (Å²) in [6.45, 7) is 2.50. The van der Waals surface area contributed by atoms with Crippen LogP contribution in [0.1, 0.15) is 29.0 Å². The van der Waals surface area contributed by atoms with E-state index in [-0.39, 0.29) is 29.2 Å². The van der Waals surface area contributed by atoms with Crippen molar-refractivity contribution in [3.05, 3.63) is 17.7 Å². The van der Waals surface area contributed by atoms with Crippen molar-refractivity contribution >= 4 is 21.7 Å². The van der Waals surface area contributed by atoms with Gasteiger partial charge >= 0.3 is 0 Å². The van der Waals surface area contributed by atoms with E-state index >= 15 is 0 Å². The van der Waals surface area contributed by atoms with Crippen molar-refractivity contribution in [3.63, 3.8) is 0 Å². The molecule has 4 rings (SSSR count). The van der Waals surface area contributed by atoms with E-state index in [0.29, 0.717) is 24.5 Å². The lowest BCUT2D eigenvalue weighted by molar-refractivity contribution is -0.137. The zero-order valence-corrected chi connectivity index (χ0v) is 14.3. The summed E-state index contributed by atoms with van der Waals surface area (Å²) in [7, 11) is -3.26. The lowest BCUT2D eigenvalue weighted by Crippen LogP contribution is -2.62. The van der Waals surface area contributed by atoms with Crippen molar-refractivity contribution in [2.24, 2.45) is 5.92 Å². The Morgan fingerprint density at radius 1 is 1.17 bits per heavy atom. The topological polar surface area (TPSA) is 103 Å². The van der Waals surface area contributed by atoms with Crippen LogP contribution in [0.3, 0.4) is 0 Å². The number of fused-ring (bicyclic) bond motifs is 1. The van der Waals surface area contributed by atoms with E-state index in [9.17, 15) is 18.0 Å². The Kier molecular flexibility index (Phi) is 3.45. The highest BCUT2D eigenvalue weighted by Crippen LogP contribution is 2.35. The molecule has 0 bridgehead atoms. The van der Waals surface area contributed by atoms with Crippen LogP contribution in [0.4, 0.5) is 0 Å². The van der Waals surface area contributed by atoms with Crippen LogP contribution in [0.15, 0.2) is 6.33 Å². The van der Waals surface area contributed by atoms with Crippen molar-refractivity contribution in [1.82, 2.24) is 19.8 Å². The molecule has 9 heteroatoms. The van der Waals surface area contributed by atoms with E-state index in [1.807, 2.05) is 0 Å². The average Bonchev–Trinajstić information content (AvgIpc) is 3.20. The van der Waals surface area contributed by atoms with Crippen LogP contribution in [-0.4, -0.2) is 76.7 Å². The molecule has 2 atom stereocenters. The van der Waals surface area contributed by atoms with E-state index in [1.54, 1.807) is 16.7 Å². The highest BCUT2D eigenvalue weighted by atomic mass is 32.2. The minimum atomic E-state index is -3.26. The molecular weight excluding hydrogens is 332 g/mol. The van der Waals surface area contributed by atoms with Crippen LogP contribution in [0.2, 0.25) is 0 Å². The summed E-state index contributed by atoms with van der Waals surface area (Å²) in [5, 5.41) is 0. The van der Waals surface area contributed by atoms with Gasteiger partial charge in [0.05, 0.1) is 29.9 Å². The normalized spacial score (nSPS) is 28.7. The van der Waals surface area contributed by atoms with Gasteiger partial charge in [-0.1, -0.05) is 0 Å². The average molecular weight is 352 g/mol. The fourth-order valence-electron chi connectivity index (χ4n) is 3.75. The van der Waals surface area contributed by atoms with Crippen molar-refractivity contribution in [2.45, 2.75) is 31.8 Å². The SMILES string of the molecule is Cc1[nH]cnc1C(=O)N1CCN(C(=O)C2CC2)[C@@H]2CS(=O)(=O)C[C@@H]21. The van der Waals surface area contributed by atoms with Gasteiger partial charge in [-0.3, -0.25) is 9.59 Å². The third-order valence-electron chi connectivity index (χ3n) is 5.18. The smallest absolute Gasteiger partial charge is 0.274 e. The lowest BCUT2D eigenvalue weighted by Gasteiger charge is -2.43. The molecule has 3 fully saturated rings. The number of aromatic nitrogens is 2. The number of aromatic amines is 1. The first-order valence-corrected chi connectivity index (χ1v) is 10.0. The zero-order valence-electron chi connectivity index (χ0n) is 13.4. The number of carbonyl (C=O) groups is 2. The van der Waals surface area contributed by atoms with E-state index in [0.717, 1.165) is 12.8 Å². The Labute approximate surface area is 140 Å². The van der Waals surface area contributed by atoms with E-state index in [1.165, 1.54) is 6.33 Å². The molecule has 0 spiro atoms. The second-order valence-electron chi connectivity index (χ2n) is 6.89. The van der Waals surface area contributed by atoms with Crippen molar-refractivity contribution < 1.29 is 18.0 Å². The van der Waals surface area contributed by atoms with Crippen LogP contribution in [0.25, 0.3) is 0 Å². The van der Waals surface area contributed by atoms with Crippen molar-refractivity contribution in [2.75, 3.05) is 24.6 Å². The van der Waals surface area contributed by atoms with Gasteiger partial charge in [-0.2, -0.15) is 0 Å². The molecule has 2 amide bonds. The number of amides is 2. The van der Waals surface area contributed by atoms with Gasteiger partial charge < -0.3 is 14.8 Å². The summed E-state index contributed by atoms with van der Waals surface area (Å²) in [4.78, 5) is 35.5. The Balaban J connectivity index is 1.63. The lowest BCUT2D eigenvalue weighted by atomic mass is 10.0. The molecule has 0 aromatic carbocycles. The number of imidazole rings is 1. The summed E-state index contributed by atoms with van der Waals surface area (Å²) in [6.07, 6.45) is 3.22. The molecule has 2 aliphatic heterocycles. The fraction of sp³-hybridized carbons (Fsp3) is 0.667. The highest BCUT2D eigenvalue weighted by molar-refractivity contribution is 7.91. The second kappa shape index (κ2) is 5.30. The first-order valence-electron chi connectivity index (χ1n) is 8.19. The number of H-pyrrole nitrogens is 1. The maximum absolute atomic E-state index is 12.8. The fourth-order valence-corrected chi connectivity index (χ4v) is 5.74. The predicted octanol–water partition coefficient (Wildman–Crippen LogP) is -0.422. The Bertz CT molecular complexity index is 798. The summed E-state index contributed by atoms with van der Waals surface area (Å²) in [5.74, 6) is -0.310. The Morgan fingerprint density at radius 2 is 1.79 bits per heavy atom. The molecule has 130 valence electrons. The molecule has 3 heterocycles. The Hall–Kier alpha value is -1.90. The van der Waals surface area contributed by atoms with E-state index in [2.05, 4.69) is 9.97 Å². The summed E-state index contributed by atoms with van der Waals surface area (Å²) in [5.41, 5.74) is 0.980. The third-order valence-corrected chi connectivity index (χ3v) is 6.88.